The van der Waals surface area contributed by atoms with Crippen LogP contribution < -0.4 is 0 Å². The molecular formula is C11H16N. The third-order valence-electron chi connectivity index (χ3n) is 2.30. The van der Waals surface area contributed by atoms with Gasteiger partial charge in [-0.25, -0.2) is 0 Å². The van der Waals surface area contributed by atoms with Crippen LogP contribution in [0.1, 0.15) is 18.5 Å². The predicted molar refractivity (Wildman–Crippen MR) is 52.8 cm³/mol. The summed E-state index contributed by atoms with van der Waals surface area (Å²) >= 11 is 0. The molecule has 0 fully saturated rings. The molecule has 65 valence electrons. The van der Waals surface area contributed by atoms with Crippen molar-refractivity contribution in [1.82, 2.24) is 4.90 Å². The topological polar surface area (TPSA) is 3.24 Å². The Hall–Kier alpha value is -0.820. The highest BCUT2D eigenvalue weighted by Crippen LogP contribution is 2.16. The highest BCUT2D eigenvalue weighted by Gasteiger charge is 2.07. The first-order valence-corrected chi connectivity index (χ1v) is 4.30. The van der Waals surface area contributed by atoms with Gasteiger partial charge in [-0.05, 0) is 33.0 Å². The van der Waals surface area contributed by atoms with E-state index in [-0.39, 0.29) is 0 Å². The van der Waals surface area contributed by atoms with Crippen molar-refractivity contribution < 1.29 is 0 Å². The molecule has 1 unspecified atom stereocenters. The maximum Gasteiger partial charge on any atom is 0.0316 e. The van der Waals surface area contributed by atoms with Crippen molar-refractivity contribution in [1.29, 1.82) is 0 Å². The fourth-order valence-electron chi connectivity index (χ4n) is 1.18. The molecule has 0 saturated carbocycles. The van der Waals surface area contributed by atoms with Gasteiger partial charge in [0.25, 0.3) is 0 Å². The molecule has 0 spiro atoms. The minimum Gasteiger partial charge on any atom is -0.300 e. The fourth-order valence-corrected chi connectivity index (χ4v) is 1.18. The van der Waals surface area contributed by atoms with E-state index in [1.54, 1.807) is 0 Å². The second kappa shape index (κ2) is 4.27. The highest BCUT2D eigenvalue weighted by molar-refractivity contribution is 5.18. The Kier molecular flexibility index (Phi) is 3.30. The Balaban J connectivity index is 2.71. The summed E-state index contributed by atoms with van der Waals surface area (Å²) in [5.74, 6) is 0. The van der Waals surface area contributed by atoms with Crippen LogP contribution in [0.25, 0.3) is 0 Å². The fraction of sp³-hybridized carbons (Fsp3) is 0.364. The summed E-state index contributed by atoms with van der Waals surface area (Å²) < 4.78 is 0. The molecular weight excluding hydrogens is 146 g/mol. The molecule has 12 heavy (non-hydrogen) atoms. The van der Waals surface area contributed by atoms with Crippen LogP contribution in [-0.2, 0) is 0 Å². The van der Waals surface area contributed by atoms with Gasteiger partial charge in [-0.15, -0.1) is 0 Å². The number of benzene rings is 1. The maximum absolute atomic E-state index is 3.86. The van der Waals surface area contributed by atoms with Crippen molar-refractivity contribution in [3.8, 4) is 0 Å². The van der Waals surface area contributed by atoms with Crippen molar-refractivity contribution in [2.45, 2.75) is 13.0 Å². The van der Waals surface area contributed by atoms with Gasteiger partial charge in [0.15, 0.2) is 0 Å². The van der Waals surface area contributed by atoms with E-state index in [0.717, 1.165) is 6.54 Å². The highest BCUT2D eigenvalue weighted by atomic mass is 15.1. The third-order valence-corrected chi connectivity index (χ3v) is 2.30. The summed E-state index contributed by atoms with van der Waals surface area (Å²) in [7, 11) is 2.09. The molecule has 1 heteroatoms. The molecule has 1 nitrogen and oxygen atoms in total. The summed E-state index contributed by atoms with van der Waals surface area (Å²) in [6, 6.07) is 10.9. The molecule has 0 N–H and O–H groups in total. The van der Waals surface area contributed by atoms with Crippen molar-refractivity contribution in [3.05, 3.63) is 42.8 Å². The van der Waals surface area contributed by atoms with Crippen LogP contribution in [0.5, 0.6) is 0 Å². The first kappa shape index (κ1) is 9.27. The minimum atomic E-state index is 0.462. The lowest BCUT2D eigenvalue weighted by Crippen LogP contribution is -2.21. The summed E-state index contributed by atoms with van der Waals surface area (Å²) in [5, 5.41) is 0. The Bertz CT molecular complexity index is 218. The van der Waals surface area contributed by atoms with Crippen LogP contribution in [-0.4, -0.2) is 18.5 Å². The summed E-state index contributed by atoms with van der Waals surface area (Å²) in [6.07, 6.45) is 0. The lowest BCUT2D eigenvalue weighted by molar-refractivity contribution is 0.288. The molecule has 1 aromatic carbocycles. The number of rotatable bonds is 3. The van der Waals surface area contributed by atoms with E-state index in [4.69, 9.17) is 0 Å². The van der Waals surface area contributed by atoms with Gasteiger partial charge in [0.1, 0.15) is 0 Å². The van der Waals surface area contributed by atoms with E-state index in [9.17, 15) is 0 Å². The van der Waals surface area contributed by atoms with Gasteiger partial charge >= 0.3 is 0 Å². The Morgan fingerprint density at radius 1 is 1.33 bits per heavy atom. The molecule has 0 bridgehead atoms. The van der Waals surface area contributed by atoms with Crippen molar-refractivity contribution in [2.75, 3.05) is 13.6 Å². The standard InChI is InChI=1S/C11H16N/c1-4-12(3)10(2)11-8-6-5-7-9-11/h5-10H,1,4H2,2-3H3. The molecule has 1 radical (unpaired) electrons. The Morgan fingerprint density at radius 3 is 2.42 bits per heavy atom. The molecule has 1 rings (SSSR count). The summed E-state index contributed by atoms with van der Waals surface area (Å²) in [4.78, 5) is 2.22. The minimum absolute atomic E-state index is 0.462. The molecule has 0 amide bonds. The summed E-state index contributed by atoms with van der Waals surface area (Å²) in [5.41, 5.74) is 1.35. The molecule has 0 heterocycles. The molecule has 1 atom stereocenters. The van der Waals surface area contributed by atoms with Crippen molar-refractivity contribution >= 4 is 0 Å². The van der Waals surface area contributed by atoms with Gasteiger partial charge in [-0.1, -0.05) is 30.3 Å². The zero-order chi connectivity index (χ0) is 8.97. The van der Waals surface area contributed by atoms with Gasteiger partial charge in [0, 0.05) is 6.04 Å². The van der Waals surface area contributed by atoms with Gasteiger partial charge in [-0.2, -0.15) is 0 Å². The van der Waals surface area contributed by atoms with E-state index in [2.05, 4.69) is 50.1 Å². The predicted octanol–water partition coefficient (Wildman–Crippen LogP) is 2.51. The monoisotopic (exact) mass is 162 g/mol. The number of hydrogen-bond acceptors (Lipinski definition) is 1. The van der Waals surface area contributed by atoms with Crippen LogP contribution in [0.3, 0.4) is 0 Å². The van der Waals surface area contributed by atoms with Crippen LogP contribution in [0.15, 0.2) is 30.3 Å². The Labute approximate surface area is 75.0 Å². The Morgan fingerprint density at radius 2 is 1.92 bits per heavy atom. The molecule has 0 aliphatic heterocycles. The van der Waals surface area contributed by atoms with Gasteiger partial charge in [0.2, 0.25) is 0 Å². The molecule has 1 aromatic rings. The third kappa shape index (κ3) is 2.08. The second-order valence-electron chi connectivity index (χ2n) is 3.07. The van der Waals surface area contributed by atoms with Crippen LogP contribution in [0, 0.1) is 6.92 Å². The first-order valence-electron chi connectivity index (χ1n) is 4.30. The smallest absolute Gasteiger partial charge is 0.0316 e. The summed E-state index contributed by atoms with van der Waals surface area (Å²) in [6.45, 7) is 6.90. The number of nitrogens with zero attached hydrogens (tertiary/aromatic N) is 1. The zero-order valence-electron chi connectivity index (χ0n) is 7.83. The molecule has 0 aliphatic carbocycles. The zero-order valence-corrected chi connectivity index (χ0v) is 7.83. The lowest BCUT2D eigenvalue weighted by atomic mass is 10.1. The van der Waals surface area contributed by atoms with Crippen LogP contribution in [0.2, 0.25) is 0 Å². The largest absolute Gasteiger partial charge is 0.300 e. The second-order valence-corrected chi connectivity index (χ2v) is 3.07. The van der Waals surface area contributed by atoms with E-state index >= 15 is 0 Å². The average molecular weight is 162 g/mol. The average Bonchev–Trinajstić information content (AvgIpc) is 2.17. The SMILES string of the molecule is [CH2]CN(C)C(C)c1ccccc1. The number of hydrogen-bond donors (Lipinski definition) is 0. The molecule has 0 aliphatic rings. The van der Waals surface area contributed by atoms with Crippen LogP contribution in [0.4, 0.5) is 0 Å². The normalized spacial score (nSPS) is 13.3. The lowest BCUT2D eigenvalue weighted by Gasteiger charge is -2.23. The van der Waals surface area contributed by atoms with E-state index in [0.29, 0.717) is 6.04 Å². The van der Waals surface area contributed by atoms with E-state index in [1.807, 2.05) is 6.07 Å². The quantitative estimate of drug-likeness (QED) is 0.660. The van der Waals surface area contributed by atoms with Gasteiger partial charge < -0.3 is 0 Å². The van der Waals surface area contributed by atoms with Crippen molar-refractivity contribution in [2.24, 2.45) is 0 Å². The van der Waals surface area contributed by atoms with E-state index in [1.165, 1.54) is 5.56 Å². The maximum atomic E-state index is 3.86. The molecule has 0 aromatic heterocycles. The first-order chi connectivity index (χ1) is 5.75. The van der Waals surface area contributed by atoms with Gasteiger partial charge in [0.05, 0.1) is 0 Å². The van der Waals surface area contributed by atoms with Crippen molar-refractivity contribution in [3.63, 3.8) is 0 Å². The van der Waals surface area contributed by atoms with E-state index < -0.39 is 0 Å². The van der Waals surface area contributed by atoms with Gasteiger partial charge in [-0.3, -0.25) is 4.90 Å². The molecule has 0 saturated heterocycles. The van der Waals surface area contributed by atoms with Crippen LogP contribution >= 0.6 is 0 Å².